The summed E-state index contributed by atoms with van der Waals surface area (Å²) < 4.78 is 24.4. The highest BCUT2D eigenvalue weighted by atomic mass is 32.2. The first-order valence-electron chi connectivity index (χ1n) is 6.06. The van der Waals surface area contributed by atoms with Crippen LogP contribution < -0.4 is 5.73 Å². The molecule has 0 aromatic heterocycles. The fourth-order valence-electron chi connectivity index (χ4n) is 1.96. The molecule has 3 nitrogen and oxygen atoms in total. The van der Waals surface area contributed by atoms with E-state index in [9.17, 15) is 8.42 Å². The summed E-state index contributed by atoms with van der Waals surface area (Å²) in [4.78, 5) is 0. The molecule has 0 unspecified atom stereocenters. The van der Waals surface area contributed by atoms with E-state index in [1.54, 1.807) is 24.3 Å². The lowest BCUT2D eigenvalue weighted by Crippen LogP contribution is -2.10. The molecule has 0 amide bonds. The number of hydrogen-bond acceptors (Lipinski definition) is 3. The Morgan fingerprint density at radius 1 is 0.895 bits per heavy atom. The van der Waals surface area contributed by atoms with Gasteiger partial charge in [0.1, 0.15) is 0 Å². The molecular formula is C15H17NO2S. The van der Waals surface area contributed by atoms with Crippen LogP contribution in [0.3, 0.4) is 0 Å². The van der Waals surface area contributed by atoms with Crippen LogP contribution in [-0.4, -0.2) is 8.42 Å². The summed E-state index contributed by atoms with van der Waals surface area (Å²) in [5.41, 5.74) is 8.81. The van der Waals surface area contributed by atoms with Crippen molar-refractivity contribution >= 4 is 15.5 Å². The molecule has 0 aliphatic carbocycles. The largest absolute Gasteiger partial charge is 0.398 e. The standard InChI is InChI=1S/C15H17NO2S/c1-12-6-2-3-7-13(12)10-19(17,18)11-14-8-4-5-9-15(14)16/h2-9H,10-11,16H2,1H3. The van der Waals surface area contributed by atoms with Gasteiger partial charge < -0.3 is 5.73 Å². The van der Waals surface area contributed by atoms with Gasteiger partial charge in [-0.25, -0.2) is 8.42 Å². The Labute approximate surface area is 114 Å². The van der Waals surface area contributed by atoms with Gasteiger partial charge in [0, 0.05) is 5.69 Å². The molecule has 0 bridgehead atoms. The SMILES string of the molecule is Cc1ccccc1CS(=O)(=O)Cc1ccccc1N. The van der Waals surface area contributed by atoms with E-state index < -0.39 is 9.84 Å². The lowest BCUT2D eigenvalue weighted by atomic mass is 10.1. The van der Waals surface area contributed by atoms with Crippen molar-refractivity contribution < 1.29 is 8.42 Å². The van der Waals surface area contributed by atoms with Gasteiger partial charge in [-0.05, 0) is 29.7 Å². The third-order valence-corrected chi connectivity index (χ3v) is 4.57. The summed E-state index contributed by atoms with van der Waals surface area (Å²) in [5, 5.41) is 0. The van der Waals surface area contributed by atoms with Gasteiger partial charge in [-0.15, -0.1) is 0 Å². The Kier molecular flexibility index (Phi) is 3.90. The van der Waals surface area contributed by atoms with Crippen LogP contribution in [0.15, 0.2) is 48.5 Å². The van der Waals surface area contributed by atoms with Crippen molar-refractivity contribution in [3.05, 3.63) is 65.2 Å². The third kappa shape index (κ3) is 3.58. The second-order valence-corrected chi connectivity index (χ2v) is 6.72. The summed E-state index contributed by atoms with van der Waals surface area (Å²) in [5.74, 6) is 0.0298. The van der Waals surface area contributed by atoms with Crippen molar-refractivity contribution in [2.75, 3.05) is 5.73 Å². The Morgan fingerprint density at radius 3 is 2.05 bits per heavy atom. The van der Waals surface area contributed by atoms with Gasteiger partial charge in [0.2, 0.25) is 0 Å². The second-order valence-electron chi connectivity index (χ2n) is 4.66. The van der Waals surface area contributed by atoms with Gasteiger partial charge in [0.15, 0.2) is 9.84 Å². The molecule has 19 heavy (non-hydrogen) atoms. The number of nitrogens with two attached hydrogens (primary N) is 1. The van der Waals surface area contributed by atoms with Crippen LogP contribution in [0, 0.1) is 6.92 Å². The first kappa shape index (κ1) is 13.6. The molecule has 0 aliphatic heterocycles. The normalized spacial score (nSPS) is 11.4. The zero-order valence-corrected chi connectivity index (χ0v) is 11.7. The molecular weight excluding hydrogens is 258 g/mol. The molecule has 0 saturated carbocycles. The molecule has 0 aliphatic rings. The highest BCUT2D eigenvalue weighted by molar-refractivity contribution is 7.89. The van der Waals surface area contributed by atoms with Crippen molar-refractivity contribution in [2.45, 2.75) is 18.4 Å². The van der Waals surface area contributed by atoms with E-state index in [0.717, 1.165) is 11.1 Å². The van der Waals surface area contributed by atoms with Gasteiger partial charge in [-0.3, -0.25) is 0 Å². The Morgan fingerprint density at radius 2 is 1.42 bits per heavy atom. The Bertz CT molecular complexity index is 625. The molecule has 2 aromatic carbocycles. The van der Waals surface area contributed by atoms with Crippen molar-refractivity contribution in [1.29, 1.82) is 0 Å². The van der Waals surface area contributed by atoms with Crippen molar-refractivity contribution in [3.63, 3.8) is 0 Å². The number of nitrogen functional groups attached to an aromatic ring is 1. The maximum absolute atomic E-state index is 12.2. The molecule has 0 spiro atoms. The molecule has 0 saturated heterocycles. The summed E-state index contributed by atoms with van der Waals surface area (Å²) in [6.45, 7) is 1.92. The topological polar surface area (TPSA) is 60.2 Å². The quantitative estimate of drug-likeness (QED) is 0.873. The monoisotopic (exact) mass is 275 g/mol. The van der Waals surface area contributed by atoms with Crippen molar-refractivity contribution in [3.8, 4) is 0 Å². The fourth-order valence-corrected chi connectivity index (χ4v) is 3.60. The van der Waals surface area contributed by atoms with E-state index >= 15 is 0 Å². The smallest absolute Gasteiger partial charge is 0.158 e. The average Bonchev–Trinajstić information content (AvgIpc) is 2.35. The summed E-state index contributed by atoms with van der Waals surface area (Å²) in [6.07, 6.45) is 0. The number of rotatable bonds is 4. The summed E-state index contributed by atoms with van der Waals surface area (Å²) in [7, 11) is -3.21. The molecule has 0 atom stereocenters. The molecule has 100 valence electrons. The second kappa shape index (κ2) is 5.45. The minimum Gasteiger partial charge on any atom is -0.398 e. The van der Waals surface area contributed by atoms with Gasteiger partial charge >= 0.3 is 0 Å². The number of para-hydroxylation sites is 1. The Hall–Kier alpha value is -1.81. The highest BCUT2D eigenvalue weighted by Gasteiger charge is 2.15. The molecule has 2 N–H and O–H groups in total. The van der Waals surface area contributed by atoms with Gasteiger partial charge in [-0.2, -0.15) is 0 Å². The number of benzene rings is 2. The van der Waals surface area contributed by atoms with Crippen LogP contribution in [-0.2, 0) is 21.3 Å². The van der Waals surface area contributed by atoms with E-state index in [2.05, 4.69) is 0 Å². The van der Waals surface area contributed by atoms with E-state index in [1.165, 1.54) is 0 Å². The number of anilines is 1. The van der Waals surface area contributed by atoms with E-state index in [0.29, 0.717) is 11.3 Å². The lowest BCUT2D eigenvalue weighted by Gasteiger charge is -2.09. The molecule has 0 heterocycles. The minimum absolute atomic E-state index is 0.0198. The zero-order chi connectivity index (χ0) is 13.9. The van der Waals surface area contributed by atoms with Crippen LogP contribution in [0.4, 0.5) is 5.69 Å². The van der Waals surface area contributed by atoms with E-state index in [1.807, 2.05) is 31.2 Å². The number of sulfone groups is 1. The molecule has 2 aromatic rings. The van der Waals surface area contributed by atoms with E-state index in [4.69, 9.17) is 5.73 Å². The van der Waals surface area contributed by atoms with Crippen LogP contribution in [0.1, 0.15) is 16.7 Å². The zero-order valence-electron chi connectivity index (χ0n) is 10.8. The third-order valence-electron chi connectivity index (χ3n) is 3.07. The minimum atomic E-state index is -3.21. The molecule has 0 fully saturated rings. The van der Waals surface area contributed by atoms with Crippen LogP contribution in [0.5, 0.6) is 0 Å². The van der Waals surface area contributed by atoms with Gasteiger partial charge in [0.05, 0.1) is 11.5 Å². The predicted molar refractivity (Wildman–Crippen MR) is 78.4 cm³/mol. The molecule has 4 heteroatoms. The first-order valence-corrected chi connectivity index (χ1v) is 7.88. The predicted octanol–water partition coefficient (Wildman–Crippen LogP) is 2.69. The lowest BCUT2D eigenvalue weighted by molar-refractivity contribution is 0.594. The number of hydrogen-bond donors (Lipinski definition) is 1. The number of aryl methyl sites for hydroxylation is 1. The van der Waals surface area contributed by atoms with Gasteiger partial charge in [0.25, 0.3) is 0 Å². The first-order chi connectivity index (χ1) is 8.98. The summed E-state index contributed by atoms with van der Waals surface area (Å²) >= 11 is 0. The maximum Gasteiger partial charge on any atom is 0.158 e. The van der Waals surface area contributed by atoms with Crippen molar-refractivity contribution in [2.24, 2.45) is 0 Å². The summed E-state index contributed by atoms with van der Waals surface area (Å²) in [6, 6.07) is 14.6. The van der Waals surface area contributed by atoms with Gasteiger partial charge in [-0.1, -0.05) is 42.5 Å². The van der Waals surface area contributed by atoms with Crippen LogP contribution in [0.2, 0.25) is 0 Å². The fraction of sp³-hybridized carbons (Fsp3) is 0.200. The molecule has 0 radical (unpaired) electrons. The van der Waals surface area contributed by atoms with Crippen molar-refractivity contribution in [1.82, 2.24) is 0 Å². The Balaban J connectivity index is 2.21. The maximum atomic E-state index is 12.2. The highest BCUT2D eigenvalue weighted by Crippen LogP contribution is 2.18. The van der Waals surface area contributed by atoms with Crippen LogP contribution >= 0.6 is 0 Å². The molecule has 2 rings (SSSR count). The van der Waals surface area contributed by atoms with Crippen LogP contribution in [0.25, 0.3) is 0 Å². The van der Waals surface area contributed by atoms with E-state index in [-0.39, 0.29) is 11.5 Å². The average molecular weight is 275 g/mol.